The first-order chi connectivity index (χ1) is 12.3. The molecule has 0 unspecified atom stereocenters. The van der Waals surface area contributed by atoms with Crippen LogP contribution in [-0.4, -0.2) is 50.8 Å². The van der Waals surface area contributed by atoms with Gasteiger partial charge >= 0.3 is 6.09 Å². The van der Waals surface area contributed by atoms with Crippen molar-refractivity contribution >= 4 is 23.5 Å². The number of rotatable bonds is 11. The lowest BCUT2D eigenvalue weighted by Gasteiger charge is -2.12. The van der Waals surface area contributed by atoms with E-state index >= 15 is 0 Å². The number of nitrogens with one attached hydrogen (secondary N) is 4. The van der Waals surface area contributed by atoms with E-state index in [-0.39, 0.29) is 12.5 Å². The van der Waals surface area contributed by atoms with Gasteiger partial charge in [-0.25, -0.2) is 4.79 Å². The topological polar surface area (TPSA) is 116 Å². The van der Waals surface area contributed by atoms with Crippen LogP contribution in [0.25, 0.3) is 0 Å². The molecule has 0 heterocycles. The number of allylic oxidation sites excluding steroid dienone is 2. The second-order valence-corrected chi connectivity index (χ2v) is 5.47. The molecule has 0 radical (unpaired) electrons. The Balaban J connectivity index is 4.04. The second kappa shape index (κ2) is 13.4. The lowest BCUT2D eigenvalue weighted by atomic mass is 10.1. The first-order valence-corrected chi connectivity index (χ1v) is 8.22. The third kappa shape index (κ3) is 11.6. The standard InChI is InChI=1S/C18H29N5O3/c1-13(9-10-14(2)19)15(3)23-16(20-4)8-6-7-11-21-17(24)12-22-18(25)26-5/h9-10,19H,1,3,6-8,11-12H2,2,4-5H3,(H,20,23)(H,21,24)(H,22,25)/b10-9-,19-14?. The van der Waals surface area contributed by atoms with E-state index in [9.17, 15) is 9.59 Å². The molecule has 0 rings (SSSR count). The minimum Gasteiger partial charge on any atom is -0.453 e. The average molecular weight is 363 g/mol. The molecule has 144 valence electrons. The first kappa shape index (κ1) is 23.1. The summed E-state index contributed by atoms with van der Waals surface area (Å²) in [5.74, 6) is 0.505. The highest BCUT2D eigenvalue weighted by Crippen LogP contribution is 2.05. The van der Waals surface area contributed by atoms with Gasteiger partial charge in [0.2, 0.25) is 5.91 Å². The van der Waals surface area contributed by atoms with Crippen molar-refractivity contribution in [1.82, 2.24) is 16.0 Å². The summed E-state index contributed by atoms with van der Waals surface area (Å²) < 4.78 is 4.38. The van der Waals surface area contributed by atoms with Gasteiger partial charge in [-0.1, -0.05) is 19.2 Å². The van der Waals surface area contributed by atoms with E-state index in [2.05, 4.69) is 38.8 Å². The number of unbranched alkanes of at least 4 members (excludes halogenated alkanes) is 1. The summed E-state index contributed by atoms with van der Waals surface area (Å²) >= 11 is 0. The molecule has 0 saturated heterocycles. The van der Waals surface area contributed by atoms with Crippen molar-refractivity contribution in [2.24, 2.45) is 4.99 Å². The normalized spacial score (nSPS) is 11.0. The number of alkyl carbamates (subject to hydrolysis) is 1. The molecule has 0 aliphatic heterocycles. The Labute approximate surface area is 155 Å². The molecular formula is C18H29N5O3. The quantitative estimate of drug-likeness (QED) is 0.194. The molecule has 0 aromatic heterocycles. The van der Waals surface area contributed by atoms with Crippen LogP contribution in [0.5, 0.6) is 0 Å². The SMILES string of the molecule is C=C(/C=C\C(C)=N)C(=C)NC(CCCCNC(=O)CNC(=O)OC)=NC. The number of hydrogen-bond acceptors (Lipinski definition) is 5. The fourth-order valence-corrected chi connectivity index (χ4v) is 1.74. The number of nitrogens with zero attached hydrogens (tertiary/aromatic N) is 1. The highest BCUT2D eigenvalue weighted by molar-refractivity contribution is 5.90. The molecule has 0 aromatic rings. The summed E-state index contributed by atoms with van der Waals surface area (Å²) in [4.78, 5) is 26.5. The zero-order valence-corrected chi connectivity index (χ0v) is 15.8. The van der Waals surface area contributed by atoms with Gasteiger partial charge in [0.25, 0.3) is 0 Å². The Morgan fingerprint density at radius 3 is 2.46 bits per heavy atom. The first-order valence-electron chi connectivity index (χ1n) is 8.22. The maximum Gasteiger partial charge on any atom is 0.407 e. The molecule has 0 saturated carbocycles. The van der Waals surface area contributed by atoms with Gasteiger partial charge in [0, 0.05) is 31.4 Å². The molecule has 0 aromatic carbocycles. The second-order valence-electron chi connectivity index (χ2n) is 5.47. The van der Waals surface area contributed by atoms with Crippen molar-refractivity contribution in [3.05, 3.63) is 36.6 Å². The fraction of sp³-hybridized carbons (Fsp3) is 0.444. The maximum atomic E-state index is 11.5. The van der Waals surface area contributed by atoms with E-state index in [1.165, 1.54) is 7.11 Å². The number of carbonyl (C=O) groups is 2. The van der Waals surface area contributed by atoms with Crippen LogP contribution in [0.15, 0.2) is 41.6 Å². The van der Waals surface area contributed by atoms with E-state index in [0.29, 0.717) is 29.9 Å². The summed E-state index contributed by atoms with van der Waals surface area (Å²) in [7, 11) is 2.93. The predicted octanol–water partition coefficient (Wildman–Crippen LogP) is 1.91. The Bertz CT molecular complexity index is 594. The van der Waals surface area contributed by atoms with Crippen molar-refractivity contribution in [3.63, 3.8) is 0 Å². The minimum atomic E-state index is -0.637. The molecule has 0 aliphatic carbocycles. The molecule has 8 nitrogen and oxygen atoms in total. The molecule has 0 aliphatic rings. The predicted molar refractivity (Wildman–Crippen MR) is 105 cm³/mol. The Morgan fingerprint density at radius 2 is 1.88 bits per heavy atom. The number of ether oxygens (including phenoxy) is 1. The van der Waals surface area contributed by atoms with E-state index in [4.69, 9.17) is 5.41 Å². The third-order valence-electron chi connectivity index (χ3n) is 3.23. The Kier molecular flexibility index (Phi) is 11.9. The van der Waals surface area contributed by atoms with Gasteiger partial charge in [-0.2, -0.15) is 0 Å². The minimum absolute atomic E-state index is 0.111. The smallest absolute Gasteiger partial charge is 0.407 e. The molecule has 26 heavy (non-hydrogen) atoms. The summed E-state index contributed by atoms with van der Waals surface area (Å²) in [6, 6.07) is 0. The van der Waals surface area contributed by atoms with E-state index < -0.39 is 6.09 Å². The summed E-state index contributed by atoms with van der Waals surface area (Å²) in [6.07, 6.45) is 5.03. The van der Waals surface area contributed by atoms with E-state index in [0.717, 1.165) is 18.7 Å². The fourth-order valence-electron chi connectivity index (χ4n) is 1.74. The molecule has 0 spiro atoms. The Hall–Kier alpha value is -2.90. The van der Waals surface area contributed by atoms with Crippen LogP contribution >= 0.6 is 0 Å². The van der Waals surface area contributed by atoms with Gasteiger partial charge in [-0.3, -0.25) is 9.79 Å². The van der Waals surface area contributed by atoms with Gasteiger partial charge in [-0.05, 0) is 31.4 Å². The van der Waals surface area contributed by atoms with Crippen LogP contribution in [0, 0.1) is 5.41 Å². The van der Waals surface area contributed by atoms with Crippen molar-refractivity contribution in [3.8, 4) is 0 Å². The van der Waals surface area contributed by atoms with E-state index in [1.807, 2.05) is 0 Å². The largest absolute Gasteiger partial charge is 0.453 e. The maximum absolute atomic E-state index is 11.5. The van der Waals surface area contributed by atoms with Gasteiger partial charge in [0.1, 0.15) is 5.84 Å². The summed E-state index contributed by atoms with van der Waals surface area (Å²) in [5.41, 5.74) is 1.75. The van der Waals surface area contributed by atoms with Crippen LogP contribution < -0.4 is 16.0 Å². The van der Waals surface area contributed by atoms with Gasteiger partial charge in [0.05, 0.1) is 13.7 Å². The average Bonchev–Trinajstić information content (AvgIpc) is 2.62. The number of hydrogen-bond donors (Lipinski definition) is 4. The molecule has 0 bridgehead atoms. The number of amidine groups is 1. The third-order valence-corrected chi connectivity index (χ3v) is 3.23. The highest BCUT2D eigenvalue weighted by Gasteiger charge is 2.05. The van der Waals surface area contributed by atoms with Gasteiger partial charge < -0.3 is 26.1 Å². The van der Waals surface area contributed by atoms with Gasteiger partial charge in [0.15, 0.2) is 0 Å². The molecule has 2 amide bonds. The van der Waals surface area contributed by atoms with Crippen LogP contribution in [0.3, 0.4) is 0 Å². The highest BCUT2D eigenvalue weighted by atomic mass is 16.5. The molecule has 0 fully saturated rings. The van der Waals surface area contributed by atoms with Crippen molar-refractivity contribution < 1.29 is 14.3 Å². The summed E-state index contributed by atoms with van der Waals surface area (Å²) in [5, 5.41) is 15.5. The Morgan fingerprint density at radius 1 is 1.19 bits per heavy atom. The number of carbonyl (C=O) groups excluding carboxylic acids is 2. The zero-order valence-electron chi connectivity index (χ0n) is 15.8. The number of aliphatic imine (C=N–C) groups is 1. The van der Waals surface area contributed by atoms with Crippen molar-refractivity contribution in [2.75, 3.05) is 27.2 Å². The molecule has 0 atom stereocenters. The lowest BCUT2D eigenvalue weighted by molar-refractivity contribution is -0.120. The van der Waals surface area contributed by atoms with Crippen molar-refractivity contribution in [1.29, 1.82) is 5.41 Å². The van der Waals surface area contributed by atoms with Crippen LogP contribution in [0.1, 0.15) is 26.2 Å². The summed E-state index contributed by atoms with van der Waals surface area (Å²) in [6.45, 7) is 9.89. The van der Waals surface area contributed by atoms with Crippen LogP contribution in [-0.2, 0) is 9.53 Å². The lowest BCUT2D eigenvalue weighted by Crippen LogP contribution is -2.37. The van der Waals surface area contributed by atoms with E-state index in [1.54, 1.807) is 26.1 Å². The number of methoxy groups -OCH3 is 1. The molecule has 8 heteroatoms. The van der Waals surface area contributed by atoms with Crippen LogP contribution in [0.4, 0.5) is 4.79 Å². The molecule has 4 N–H and O–H groups in total. The van der Waals surface area contributed by atoms with Gasteiger partial charge in [-0.15, -0.1) is 0 Å². The molecular weight excluding hydrogens is 334 g/mol. The van der Waals surface area contributed by atoms with Crippen LogP contribution in [0.2, 0.25) is 0 Å². The van der Waals surface area contributed by atoms with Crippen molar-refractivity contribution in [2.45, 2.75) is 26.2 Å². The zero-order chi connectivity index (χ0) is 19.9. The number of amides is 2. The monoisotopic (exact) mass is 363 g/mol.